The summed E-state index contributed by atoms with van der Waals surface area (Å²) in [5.41, 5.74) is 0. The Hall–Kier alpha value is -0.650. The van der Waals surface area contributed by atoms with Crippen molar-refractivity contribution in [3.8, 4) is 0 Å². The third kappa shape index (κ3) is 4.23. The highest BCUT2D eigenvalue weighted by atomic mass is 16.4. The number of carboxylic acids is 1. The molecule has 3 unspecified atom stereocenters. The van der Waals surface area contributed by atoms with Crippen LogP contribution in [0.1, 0.15) is 32.6 Å². The highest BCUT2D eigenvalue weighted by molar-refractivity contribution is 5.73. The molecule has 106 valence electrons. The highest BCUT2D eigenvalue weighted by Crippen LogP contribution is 2.24. The Morgan fingerprint density at radius 1 is 1.50 bits per heavy atom. The smallest absolute Gasteiger partial charge is 0.320 e. The summed E-state index contributed by atoms with van der Waals surface area (Å²) in [5.74, 6) is -0.763. The Morgan fingerprint density at radius 3 is 2.67 bits per heavy atom. The van der Waals surface area contributed by atoms with Crippen LogP contribution in [0.3, 0.4) is 0 Å². The Bertz CT molecular complexity index is 271. The van der Waals surface area contributed by atoms with Crippen molar-refractivity contribution >= 4 is 5.97 Å². The van der Waals surface area contributed by atoms with Crippen LogP contribution in [-0.4, -0.2) is 71.4 Å². The summed E-state index contributed by atoms with van der Waals surface area (Å²) in [5, 5.41) is 19.1. The minimum Gasteiger partial charge on any atom is -0.480 e. The molecule has 1 aliphatic rings. The number of unbranched alkanes of at least 4 members (excludes halogenated alkanes) is 1. The summed E-state index contributed by atoms with van der Waals surface area (Å²) < 4.78 is 0. The van der Waals surface area contributed by atoms with Crippen LogP contribution < -0.4 is 0 Å². The first-order chi connectivity index (χ1) is 8.45. The number of aliphatic carboxylic acids is 1. The van der Waals surface area contributed by atoms with Gasteiger partial charge in [0.25, 0.3) is 0 Å². The third-order valence-electron chi connectivity index (χ3n) is 3.53. The molecule has 2 N–H and O–H groups in total. The second kappa shape index (κ2) is 7.07. The van der Waals surface area contributed by atoms with E-state index in [0.717, 1.165) is 19.4 Å². The van der Waals surface area contributed by atoms with E-state index in [9.17, 15) is 15.0 Å². The van der Waals surface area contributed by atoms with Gasteiger partial charge in [0.15, 0.2) is 0 Å². The highest BCUT2D eigenvalue weighted by Gasteiger charge is 2.38. The molecule has 1 saturated heterocycles. The van der Waals surface area contributed by atoms with Gasteiger partial charge in [0, 0.05) is 19.1 Å². The Labute approximate surface area is 109 Å². The zero-order valence-electron chi connectivity index (χ0n) is 11.7. The number of carboxylic acid groups (broad SMARTS) is 1. The van der Waals surface area contributed by atoms with Gasteiger partial charge in [-0.3, -0.25) is 9.69 Å². The van der Waals surface area contributed by atoms with Gasteiger partial charge in [0.2, 0.25) is 0 Å². The van der Waals surface area contributed by atoms with Gasteiger partial charge in [-0.05, 0) is 26.9 Å². The number of β-amino-alcohol motifs (C(OH)–C–C–N with tert-alkyl or cyclic N) is 1. The Balaban J connectivity index is 2.70. The lowest BCUT2D eigenvalue weighted by Crippen LogP contribution is -2.47. The molecular weight excluding hydrogens is 232 g/mol. The largest absolute Gasteiger partial charge is 0.480 e. The van der Waals surface area contributed by atoms with Crippen molar-refractivity contribution in [2.24, 2.45) is 0 Å². The summed E-state index contributed by atoms with van der Waals surface area (Å²) in [7, 11) is 3.95. The molecule has 0 amide bonds. The summed E-state index contributed by atoms with van der Waals surface area (Å²) in [6.45, 7) is 3.35. The predicted octanol–water partition coefficient (Wildman–Crippen LogP) is 0.627. The first kappa shape index (κ1) is 15.4. The minimum absolute atomic E-state index is 0.146. The molecule has 0 spiro atoms. The van der Waals surface area contributed by atoms with Crippen LogP contribution in [0.2, 0.25) is 0 Å². The average Bonchev–Trinajstić information content (AvgIpc) is 2.58. The van der Waals surface area contributed by atoms with Gasteiger partial charge in [-0.1, -0.05) is 19.8 Å². The molecule has 0 aromatic carbocycles. The predicted molar refractivity (Wildman–Crippen MR) is 70.6 cm³/mol. The van der Waals surface area contributed by atoms with E-state index >= 15 is 0 Å². The van der Waals surface area contributed by atoms with Gasteiger partial charge in [-0.2, -0.15) is 0 Å². The standard InChI is InChI=1S/C13H26N2O3/c1-4-5-6-12(13(17)18)15-9-11(16)7-10(15)8-14(2)3/h10-12,16H,4-9H2,1-3H3,(H,17,18). The number of aliphatic hydroxyl groups excluding tert-OH is 1. The van der Waals surface area contributed by atoms with Gasteiger partial charge in [0.1, 0.15) is 6.04 Å². The second-order valence-corrected chi connectivity index (χ2v) is 5.50. The van der Waals surface area contributed by atoms with Crippen molar-refractivity contribution in [2.45, 2.75) is 50.8 Å². The minimum atomic E-state index is -0.763. The van der Waals surface area contributed by atoms with E-state index in [0.29, 0.717) is 19.4 Å². The number of likely N-dealkylation sites (N-methyl/N-ethyl adjacent to an activating group) is 1. The van der Waals surface area contributed by atoms with Crippen molar-refractivity contribution < 1.29 is 15.0 Å². The van der Waals surface area contributed by atoms with Crippen LogP contribution >= 0.6 is 0 Å². The molecule has 0 aromatic heterocycles. The van der Waals surface area contributed by atoms with Gasteiger partial charge in [0.05, 0.1) is 6.10 Å². The Kier molecular flexibility index (Phi) is 6.05. The molecule has 1 rings (SSSR count). The van der Waals surface area contributed by atoms with E-state index in [-0.39, 0.29) is 6.04 Å². The first-order valence-corrected chi connectivity index (χ1v) is 6.77. The van der Waals surface area contributed by atoms with E-state index in [1.165, 1.54) is 0 Å². The summed E-state index contributed by atoms with van der Waals surface area (Å²) in [6.07, 6.45) is 2.87. The molecule has 5 heteroatoms. The molecule has 0 radical (unpaired) electrons. The molecule has 1 fully saturated rings. The number of rotatable bonds is 7. The SMILES string of the molecule is CCCCC(C(=O)O)N1CC(O)CC1CN(C)C. The molecule has 0 aliphatic carbocycles. The molecule has 0 saturated carbocycles. The normalized spacial score (nSPS) is 26.7. The lowest BCUT2D eigenvalue weighted by Gasteiger charge is -2.31. The Morgan fingerprint density at radius 2 is 2.17 bits per heavy atom. The molecule has 5 nitrogen and oxygen atoms in total. The zero-order chi connectivity index (χ0) is 13.7. The second-order valence-electron chi connectivity index (χ2n) is 5.50. The van der Waals surface area contributed by atoms with Crippen LogP contribution in [0.4, 0.5) is 0 Å². The van der Waals surface area contributed by atoms with Gasteiger partial charge < -0.3 is 15.1 Å². The van der Waals surface area contributed by atoms with Crippen LogP contribution in [0, 0.1) is 0 Å². The third-order valence-corrected chi connectivity index (χ3v) is 3.53. The van der Waals surface area contributed by atoms with E-state index in [4.69, 9.17) is 0 Å². The van der Waals surface area contributed by atoms with Gasteiger partial charge >= 0.3 is 5.97 Å². The molecular formula is C13H26N2O3. The molecule has 1 heterocycles. The molecule has 0 aromatic rings. The average molecular weight is 258 g/mol. The lowest BCUT2D eigenvalue weighted by molar-refractivity contribution is -0.144. The maximum absolute atomic E-state index is 11.4. The number of nitrogens with zero attached hydrogens (tertiary/aromatic N) is 2. The number of hydrogen-bond donors (Lipinski definition) is 2. The zero-order valence-corrected chi connectivity index (χ0v) is 11.7. The summed E-state index contributed by atoms with van der Waals surface area (Å²) in [4.78, 5) is 15.4. The van der Waals surface area contributed by atoms with Crippen molar-refractivity contribution in [3.05, 3.63) is 0 Å². The number of carbonyl (C=O) groups is 1. The molecule has 1 aliphatic heterocycles. The van der Waals surface area contributed by atoms with E-state index in [2.05, 4.69) is 11.8 Å². The summed E-state index contributed by atoms with van der Waals surface area (Å²) in [6, 6.07) is -0.306. The molecule has 0 bridgehead atoms. The topological polar surface area (TPSA) is 64.0 Å². The summed E-state index contributed by atoms with van der Waals surface area (Å²) >= 11 is 0. The molecule has 18 heavy (non-hydrogen) atoms. The van der Waals surface area contributed by atoms with Gasteiger partial charge in [-0.15, -0.1) is 0 Å². The van der Waals surface area contributed by atoms with Crippen LogP contribution in [0.25, 0.3) is 0 Å². The number of hydrogen-bond acceptors (Lipinski definition) is 4. The van der Waals surface area contributed by atoms with E-state index in [1.807, 2.05) is 19.0 Å². The maximum atomic E-state index is 11.4. The van der Waals surface area contributed by atoms with Crippen molar-refractivity contribution in [3.63, 3.8) is 0 Å². The first-order valence-electron chi connectivity index (χ1n) is 6.77. The fourth-order valence-corrected chi connectivity index (χ4v) is 2.73. The quantitative estimate of drug-likeness (QED) is 0.701. The number of likely N-dealkylation sites (tertiary alicyclic amines) is 1. The monoisotopic (exact) mass is 258 g/mol. The van der Waals surface area contributed by atoms with Gasteiger partial charge in [-0.25, -0.2) is 0 Å². The van der Waals surface area contributed by atoms with Crippen molar-refractivity contribution in [1.82, 2.24) is 9.80 Å². The fourth-order valence-electron chi connectivity index (χ4n) is 2.73. The van der Waals surface area contributed by atoms with Crippen LogP contribution in [-0.2, 0) is 4.79 Å². The fraction of sp³-hybridized carbons (Fsp3) is 0.923. The van der Waals surface area contributed by atoms with Crippen molar-refractivity contribution in [2.75, 3.05) is 27.2 Å². The molecule has 3 atom stereocenters. The van der Waals surface area contributed by atoms with E-state index < -0.39 is 18.1 Å². The van der Waals surface area contributed by atoms with E-state index in [1.54, 1.807) is 0 Å². The maximum Gasteiger partial charge on any atom is 0.320 e. The van der Waals surface area contributed by atoms with Crippen molar-refractivity contribution in [1.29, 1.82) is 0 Å². The van der Waals surface area contributed by atoms with Crippen LogP contribution in [0.5, 0.6) is 0 Å². The number of aliphatic hydroxyl groups is 1. The van der Waals surface area contributed by atoms with Crippen LogP contribution in [0.15, 0.2) is 0 Å². The lowest BCUT2D eigenvalue weighted by atomic mass is 10.1.